The molecule has 0 aliphatic heterocycles. The first-order valence-electron chi connectivity index (χ1n) is 6.18. The van der Waals surface area contributed by atoms with Gasteiger partial charge in [0.25, 0.3) is 0 Å². The van der Waals surface area contributed by atoms with E-state index in [1.54, 1.807) is 12.5 Å². The van der Waals surface area contributed by atoms with Crippen molar-refractivity contribution in [3.05, 3.63) is 18.2 Å². The number of imidazole rings is 1. The highest BCUT2D eigenvalue weighted by molar-refractivity contribution is 5.74. The fourth-order valence-corrected chi connectivity index (χ4v) is 1.92. The third-order valence-electron chi connectivity index (χ3n) is 3.06. The Kier molecular flexibility index (Phi) is 3.78. The molecule has 0 aromatic carbocycles. The van der Waals surface area contributed by atoms with Gasteiger partial charge >= 0.3 is 5.97 Å². The summed E-state index contributed by atoms with van der Waals surface area (Å²) in [6, 6.07) is -0.635. The number of hydrogen-bond acceptors (Lipinski definition) is 3. The summed E-state index contributed by atoms with van der Waals surface area (Å²) in [4.78, 5) is 15.3. The van der Waals surface area contributed by atoms with Crippen LogP contribution < -0.4 is 5.32 Å². The van der Waals surface area contributed by atoms with Crippen LogP contribution in [0.5, 0.6) is 0 Å². The summed E-state index contributed by atoms with van der Waals surface area (Å²) in [7, 11) is 0. The molecule has 1 heterocycles. The first-order chi connectivity index (χ1) is 8.22. The van der Waals surface area contributed by atoms with E-state index in [0.29, 0.717) is 5.92 Å². The molecule has 17 heavy (non-hydrogen) atoms. The van der Waals surface area contributed by atoms with E-state index in [1.165, 1.54) is 12.8 Å². The largest absolute Gasteiger partial charge is 0.480 e. The van der Waals surface area contributed by atoms with Crippen molar-refractivity contribution in [1.82, 2.24) is 14.9 Å². The second-order valence-corrected chi connectivity index (χ2v) is 4.63. The molecule has 1 saturated carbocycles. The molecular formula is C12H19N3O2. The minimum absolute atomic E-state index is 0.635. The van der Waals surface area contributed by atoms with Crippen LogP contribution in [0, 0.1) is 5.92 Å². The van der Waals surface area contributed by atoms with E-state index >= 15 is 0 Å². The van der Waals surface area contributed by atoms with E-state index in [2.05, 4.69) is 17.2 Å². The lowest BCUT2D eigenvalue weighted by Crippen LogP contribution is -2.31. The number of hydrogen-bond donors (Lipinski definition) is 2. The van der Waals surface area contributed by atoms with Crippen molar-refractivity contribution in [2.75, 3.05) is 6.54 Å². The van der Waals surface area contributed by atoms with Gasteiger partial charge in [0.1, 0.15) is 6.04 Å². The molecule has 1 fully saturated rings. The van der Waals surface area contributed by atoms with Crippen molar-refractivity contribution >= 4 is 5.97 Å². The van der Waals surface area contributed by atoms with E-state index in [4.69, 9.17) is 0 Å². The number of carboxylic acid groups (broad SMARTS) is 1. The molecule has 5 nitrogen and oxygen atoms in total. The molecule has 1 atom stereocenters. The van der Waals surface area contributed by atoms with Gasteiger partial charge in [-0.25, -0.2) is 4.98 Å². The van der Waals surface area contributed by atoms with Gasteiger partial charge in [-0.05, 0) is 31.7 Å². The number of aliphatic carboxylic acids is 1. The van der Waals surface area contributed by atoms with Crippen LogP contribution in [0.3, 0.4) is 0 Å². The highest BCUT2D eigenvalue weighted by atomic mass is 16.4. The third kappa shape index (κ3) is 3.06. The summed E-state index contributed by atoms with van der Waals surface area (Å²) in [6.07, 6.45) is 6.75. The van der Waals surface area contributed by atoms with Gasteiger partial charge in [0.05, 0.1) is 18.2 Å². The highest BCUT2D eigenvalue weighted by Crippen LogP contribution is 2.28. The number of nitrogens with one attached hydrogen (secondary N) is 1. The average molecular weight is 237 g/mol. The van der Waals surface area contributed by atoms with Crippen molar-refractivity contribution in [3.63, 3.8) is 0 Å². The molecule has 0 radical (unpaired) electrons. The predicted molar refractivity (Wildman–Crippen MR) is 63.6 cm³/mol. The van der Waals surface area contributed by atoms with Crippen LogP contribution in [-0.2, 0) is 11.3 Å². The maximum absolute atomic E-state index is 11.3. The monoisotopic (exact) mass is 237 g/mol. The van der Waals surface area contributed by atoms with Crippen LogP contribution in [0.2, 0.25) is 0 Å². The Labute approximate surface area is 101 Å². The number of carboxylic acids is 1. The fraction of sp³-hybridized carbons (Fsp3) is 0.667. The standard InChI is InChI=1S/C12H19N3O2/c1-2-5-15-8-13-7-10(15)11(12(16)17)14-6-9-3-4-9/h7-9,11,14H,2-6H2,1H3,(H,16,17). The van der Waals surface area contributed by atoms with Gasteiger partial charge in [0.2, 0.25) is 0 Å². The maximum atomic E-state index is 11.3. The van der Waals surface area contributed by atoms with Crippen molar-refractivity contribution in [2.24, 2.45) is 5.92 Å². The van der Waals surface area contributed by atoms with Crippen LogP contribution >= 0.6 is 0 Å². The summed E-state index contributed by atoms with van der Waals surface area (Å²) in [5.74, 6) is -0.164. The zero-order valence-electron chi connectivity index (χ0n) is 10.1. The van der Waals surface area contributed by atoms with E-state index in [0.717, 1.165) is 25.2 Å². The Morgan fingerprint density at radius 1 is 1.71 bits per heavy atom. The van der Waals surface area contributed by atoms with Gasteiger partial charge in [-0.15, -0.1) is 0 Å². The lowest BCUT2D eigenvalue weighted by Gasteiger charge is -2.16. The van der Waals surface area contributed by atoms with Gasteiger partial charge in [0, 0.05) is 6.54 Å². The van der Waals surface area contributed by atoms with Crippen LogP contribution in [0.25, 0.3) is 0 Å². The number of rotatable bonds is 7. The highest BCUT2D eigenvalue weighted by Gasteiger charge is 2.27. The smallest absolute Gasteiger partial charge is 0.326 e. The van der Waals surface area contributed by atoms with Crippen LogP contribution in [0.1, 0.15) is 37.9 Å². The predicted octanol–water partition coefficient (Wildman–Crippen LogP) is 1.42. The second-order valence-electron chi connectivity index (χ2n) is 4.63. The number of carbonyl (C=O) groups is 1. The second kappa shape index (κ2) is 5.31. The molecule has 0 spiro atoms. The zero-order valence-corrected chi connectivity index (χ0v) is 10.1. The first kappa shape index (κ1) is 12.1. The molecule has 1 aliphatic rings. The topological polar surface area (TPSA) is 67.2 Å². The molecule has 2 rings (SSSR count). The van der Waals surface area contributed by atoms with Gasteiger partial charge in [-0.3, -0.25) is 10.1 Å². The molecule has 1 aromatic rings. The molecule has 0 saturated heterocycles. The lowest BCUT2D eigenvalue weighted by molar-refractivity contribution is -0.139. The number of nitrogens with zero attached hydrogens (tertiary/aromatic N) is 2. The zero-order chi connectivity index (χ0) is 12.3. The fourth-order valence-electron chi connectivity index (χ4n) is 1.92. The summed E-state index contributed by atoms with van der Waals surface area (Å²) in [6.45, 7) is 3.66. The molecule has 1 unspecified atom stereocenters. The van der Waals surface area contributed by atoms with Crippen LogP contribution in [0.4, 0.5) is 0 Å². The maximum Gasteiger partial charge on any atom is 0.326 e. The van der Waals surface area contributed by atoms with Gasteiger partial charge in [0.15, 0.2) is 0 Å². The summed E-state index contributed by atoms with van der Waals surface area (Å²) in [5, 5.41) is 12.4. The number of aromatic nitrogens is 2. The van der Waals surface area contributed by atoms with Crippen molar-refractivity contribution in [3.8, 4) is 0 Å². The Hall–Kier alpha value is -1.36. The van der Waals surface area contributed by atoms with Gasteiger partial charge in [-0.1, -0.05) is 6.92 Å². The normalized spacial score (nSPS) is 17.0. The van der Waals surface area contributed by atoms with E-state index in [-0.39, 0.29) is 0 Å². The van der Waals surface area contributed by atoms with Crippen LogP contribution in [0.15, 0.2) is 12.5 Å². The Balaban J connectivity index is 2.06. The lowest BCUT2D eigenvalue weighted by atomic mass is 10.2. The molecular weight excluding hydrogens is 218 g/mol. The van der Waals surface area contributed by atoms with E-state index in [9.17, 15) is 9.90 Å². The minimum atomic E-state index is -0.830. The van der Waals surface area contributed by atoms with Crippen molar-refractivity contribution in [2.45, 2.75) is 38.8 Å². The SMILES string of the molecule is CCCn1cncc1C(NCC1CC1)C(=O)O. The van der Waals surface area contributed by atoms with Crippen molar-refractivity contribution < 1.29 is 9.90 Å². The van der Waals surface area contributed by atoms with Gasteiger partial charge in [-0.2, -0.15) is 0 Å². The molecule has 0 amide bonds. The summed E-state index contributed by atoms with van der Waals surface area (Å²) < 4.78 is 1.92. The Bertz CT molecular complexity index is 385. The van der Waals surface area contributed by atoms with Gasteiger partial charge < -0.3 is 9.67 Å². The third-order valence-corrected chi connectivity index (χ3v) is 3.06. The Morgan fingerprint density at radius 3 is 3.06 bits per heavy atom. The average Bonchev–Trinajstić information content (AvgIpc) is 3.00. The molecule has 2 N–H and O–H groups in total. The van der Waals surface area contributed by atoms with Crippen LogP contribution in [-0.4, -0.2) is 27.2 Å². The Morgan fingerprint density at radius 2 is 2.47 bits per heavy atom. The van der Waals surface area contributed by atoms with Crippen molar-refractivity contribution in [1.29, 1.82) is 0 Å². The molecule has 0 bridgehead atoms. The molecule has 5 heteroatoms. The number of aryl methyl sites for hydroxylation is 1. The first-order valence-corrected chi connectivity index (χ1v) is 6.18. The summed E-state index contributed by atoms with van der Waals surface area (Å²) >= 11 is 0. The van der Waals surface area contributed by atoms with E-state index in [1.807, 2.05) is 4.57 Å². The van der Waals surface area contributed by atoms with E-state index < -0.39 is 12.0 Å². The quantitative estimate of drug-likeness (QED) is 0.752. The summed E-state index contributed by atoms with van der Waals surface area (Å²) in [5.41, 5.74) is 0.750. The molecule has 1 aliphatic carbocycles. The minimum Gasteiger partial charge on any atom is -0.480 e. The molecule has 94 valence electrons. The molecule has 1 aromatic heterocycles.